The molecule has 34 heavy (non-hydrogen) atoms. The third-order valence-corrected chi connectivity index (χ3v) is 6.11. The number of ether oxygens (including phenoxy) is 2. The maximum atomic E-state index is 12.7. The van der Waals surface area contributed by atoms with Gasteiger partial charge in [-0.3, -0.25) is 9.78 Å². The molecule has 1 aromatic heterocycles. The number of aromatic nitrogens is 1. The summed E-state index contributed by atoms with van der Waals surface area (Å²) < 4.78 is 11.6. The molecule has 180 valence electrons. The average molecular weight is 494 g/mol. The zero-order chi connectivity index (χ0) is 24.4. The van der Waals surface area contributed by atoms with Gasteiger partial charge in [0.25, 0.3) is 10.2 Å². The Morgan fingerprint density at radius 2 is 1.76 bits per heavy atom. The van der Waals surface area contributed by atoms with Crippen molar-refractivity contribution in [2.75, 3.05) is 0 Å². The lowest BCUT2D eigenvalue weighted by Gasteiger charge is -2.14. The van der Waals surface area contributed by atoms with Crippen molar-refractivity contribution in [3.63, 3.8) is 0 Å². The second-order valence-corrected chi connectivity index (χ2v) is 8.54. The number of carbonyl (C=O) groups excluding carboxylic acids is 1. The summed E-state index contributed by atoms with van der Waals surface area (Å²) in [7, 11) is 0. The number of carbonyl (C=O) groups is 1. The van der Waals surface area contributed by atoms with Crippen LogP contribution in [0.1, 0.15) is 47.8 Å². The second kappa shape index (κ2) is 9.77. The lowest BCUT2D eigenvalue weighted by atomic mass is 10.00. The Morgan fingerprint density at radius 1 is 1.15 bits per heavy atom. The molecule has 1 fully saturated rings. The molecule has 0 N–H and O–H groups in total. The predicted molar refractivity (Wildman–Crippen MR) is 114 cm³/mol. The highest BCUT2D eigenvalue weighted by molar-refractivity contribution is 6.30. The normalized spacial score (nSPS) is 23.2. The number of hydrogen-bond acceptors (Lipinski definition) is 10. The summed E-state index contributed by atoms with van der Waals surface area (Å²) in [6, 6.07) is 7.21. The molecule has 0 bridgehead atoms. The van der Waals surface area contributed by atoms with Crippen LogP contribution in [-0.4, -0.2) is 33.3 Å². The van der Waals surface area contributed by atoms with Crippen LogP contribution >= 0.6 is 11.6 Å². The molecule has 2 heterocycles. The molecule has 12 nitrogen and oxygen atoms in total. The van der Waals surface area contributed by atoms with Crippen LogP contribution in [0.5, 0.6) is 5.75 Å². The molecule has 4 atom stereocenters. The Balaban J connectivity index is 1.46. The third-order valence-electron chi connectivity index (χ3n) is 5.86. The number of pyridine rings is 1. The highest BCUT2D eigenvalue weighted by atomic mass is 35.5. The minimum atomic E-state index is -1.14. The Labute approximate surface area is 197 Å². The van der Waals surface area contributed by atoms with E-state index in [1.54, 1.807) is 25.3 Å². The summed E-state index contributed by atoms with van der Waals surface area (Å²) in [6.45, 7) is 1.92. The standard InChI is InChI=1S/C21H20ClN3O9/c1-11-20(16-10-31-21(15(16)9-23-11)13-2-4-14(22)5-3-13)32-19(26)8-12-6-17(33-24(27)28)18(7-12)34-25(29)30/h2-5,9,12,17-18,21H,6-8,10H2,1H3/t12?,17-,18+,21?. The molecule has 1 aliphatic heterocycles. The summed E-state index contributed by atoms with van der Waals surface area (Å²) in [5.41, 5.74) is 2.86. The van der Waals surface area contributed by atoms with Gasteiger partial charge in [0.15, 0.2) is 5.75 Å². The Morgan fingerprint density at radius 3 is 2.35 bits per heavy atom. The Kier molecular flexibility index (Phi) is 6.80. The minimum absolute atomic E-state index is 0.0421. The van der Waals surface area contributed by atoms with Gasteiger partial charge in [0.05, 0.1) is 12.3 Å². The number of hydrogen-bond donors (Lipinski definition) is 0. The van der Waals surface area contributed by atoms with E-state index in [1.807, 2.05) is 12.1 Å². The number of fused-ring (bicyclic) bond motifs is 1. The molecule has 1 saturated carbocycles. The quantitative estimate of drug-likeness (QED) is 0.303. The second-order valence-electron chi connectivity index (χ2n) is 8.10. The van der Waals surface area contributed by atoms with Crippen LogP contribution in [0.15, 0.2) is 30.5 Å². The topological polar surface area (TPSA) is 153 Å². The van der Waals surface area contributed by atoms with Gasteiger partial charge in [-0.05, 0) is 43.4 Å². The fraction of sp³-hybridized carbons (Fsp3) is 0.429. The van der Waals surface area contributed by atoms with E-state index >= 15 is 0 Å². The molecule has 0 saturated heterocycles. The van der Waals surface area contributed by atoms with Crippen LogP contribution in [-0.2, 0) is 25.8 Å². The fourth-order valence-corrected chi connectivity index (χ4v) is 4.52. The van der Waals surface area contributed by atoms with Crippen LogP contribution < -0.4 is 4.74 Å². The van der Waals surface area contributed by atoms with E-state index in [4.69, 9.17) is 21.1 Å². The van der Waals surface area contributed by atoms with E-state index in [2.05, 4.69) is 14.7 Å². The van der Waals surface area contributed by atoms with Gasteiger partial charge in [-0.2, -0.15) is 0 Å². The highest BCUT2D eigenvalue weighted by Gasteiger charge is 2.41. The lowest BCUT2D eigenvalue weighted by Crippen LogP contribution is -2.30. The van der Waals surface area contributed by atoms with Crippen molar-refractivity contribution in [2.45, 2.75) is 51.1 Å². The SMILES string of the molecule is Cc1ncc2c(c1OC(=O)CC1C[C@H](O[N+](=O)[O-])[C@H](O[N+](=O)[O-])C1)COC2c1ccc(Cl)cc1. The number of nitrogens with zero attached hydrogens (tertiary/aromatic N) is 3. The Bertz CT molecular complexity index is 1090. The van der Waals surface area contributed by atoms with Crippen molar-refractivity contribution in [1.29, 1.82) is 0 Å². The van der Waals surface area contributed by atoms with Gasteiger partial charge in [-0.1, -0.05) is 23.7 Å². The monoisotopic (exact) mass is 493 g/mol. The van der Waals surface area contributed by atoms with E-state index in [0.717, 1.165) is 11.1 Å². The molecule has 0 spiro atoms. The number of esters is 1. The first-order valence-electron chi connectivity index (χ1n) is 10.4. The van der Waals surface area contributed by atoms with E-state index in [1.165, 1.54) is 0 Å². The van der Waals surface area contributed by atoms with Crippen LogP contribution in [0.4, 0.5) is 0 Å². The number of halogens is 1. The van der Waals surface area contributed by atoms with E-state index in [-0.39, 0.29) is 32.0 Å². The van der Waals surface area contributed by atoms with E-state index < -0.39 is 34.3 Å². The van der Waals surface area contributed by atoms with Crippen LogP contribution in [0, 0.1) is 33.1 Å². The van der Waals surface area contributed by atoms with Crippen molar-refractivity contribution in [3.8, 4) is 5.75 Å². The van der Waals surface area contributed by atoms with Crippen molar-refractivity contribution in [3.05, 3.63) is 78.1 Å². The maximum Gasteiger partial charge on any atom is 0.311 e. The molecule has 1 aromatic carbocycles. The van der Waals surface area contributed by atoms with Crippen molar-refractivity contribution < 1.29 is 34.1 Å². The van der Waals surface area contributed by atoms with Crippen LogP contribution in [0.2, 0.25) is 5.02 Å². The van der Waals surface area contributed by atoms with Gasteiger partial charge >= 0.3 is 5.97 Å². The lowest BCUT2D eigenvalue weighted by molar-refractivity contribution is -0.797. The van der Waals surface area contributed by atoms with Crippen LogP contribution in [0.3, 0.4) is 0 Å². The minimum Gasteiger partial charge on any atom is -0.424 e. The van der Waals surface area contributed by atoms with E-state index in [0.29, 0.717) is 22.0 Å². The fourth-order valence-electron chi connectivity index (χ4n) is 4.39. The smallest absolute Gasteiger partial charge is 0.311 e. The highest BCUT2D eigenvalue weighted by Crippen LogP contribution is 2.41. The van der Waals surface area contributed by atoms with E-state index in [9.17, 15) is 25.0 Å². The number of benzene rings is 1. The molecule has 2 aliphatic rings. The van der Waals surface area contributed by atoms with Gasteiger partial charge in [0.1, 0.15) is 18.3 Å². The summed E-state index contributed by atoms with van der Waals surface area (Å²) in [5.74, 6) is -0.751. The van der Waals surface area contributed by atoms with Crippen LogP contribution in [0.25, 0.3) is 0 Å². The summed E-state index contributed by atoms with van der Waals surface area (Å²) in [4.78, 5) is 47.4. The van der Waals surface area contributed by atoms with Crippen molar-refractivity contribution >= 4 is 17.6 Å². The van der Waals surface area contributed by atoms with Gasteiger partial charge in [0, 0.05) is 28.8 Å². The number of aryl methyl sites for hydroxylation is 1. The largest absolute Gasteiger partial charge is 0.424 e. The third kappa shape index (κ3) is 5.18. The summed E-state index contributed by atoms with van der Waals surface area (Å²) >= 11 is 5.97. The first-order chi connectivity index (χ1) is 16.2. The number of rotatable bonds is 8. The molecular formula is C21H20ClN3O9. The van der Waals surface area contributed by atoms with Crippen molar-refractivity contribution in [2.24, 2.45) is 5.92 Å². The molecule has 0 amide bonds. The maximum absolute atomic E-state index is 12.7. The molecule has 0 radical (unpaired) electrons. The van der Waals surface area contributed by atoms with Gasteiger partial charge in [-0.25, -0.2) is 0 Å². The summed E-state index contributed by atoms with van der Waals surface area (Å²) in [6.07, 6.45) is -1.02. The van der Waals surface area contributed by atoms with Gasteiger partial charge in [-0.15, -0.1) is 20.2 Å². The molecule has 2 unspecified atom stereocenters. The first kappa shape index (κ1) is 23.6. The zero-order valence-electron chi connectivity index (χ0n) is 17.9. The molecule has 1 aliphatic carbocycles. The molecule has 13 heteroatoms. The predicted octanol–water partition coefficient (Wildman–Crippen LogP) is 3.52. The van der Waals surface area contributed by atoms with Gasteiger partial charge < -0.3 is 19.1 Å². The molecule has 2 aromatic rings. The summed E-state index contributed by atoms with van der Waals surface area (Å²) in [5, 5.41) is 19.9. The molecular weight excluding hydrogens is 474 g/mol. The molecule has 4 rings (SSSR count). The zero-order valence-corrected chi connectivity index (χ0v) is 18.7. The van der Waals surface area contributed by atoms with Crippen molar-refractivity contribution in [1.82, 2.24) is 4.98 Å². The first-order valence-corrected chi connectivity index (χ1v) is 10.8. The Hall–Kier alpha value is -3.51. The average Bonchev–Trinajstić information content (AvgIpc) is 3.34. The van der Waals surface area contributed by atoms with Gasteiger partial charge in [0.2, 0.25) is 0 Å².